The molecule has 0 saturated carbocycles. The van der Waals surface area contributed by atoms with Crippen LogP contribution in [0.2, 0.25) is 0 Å². The molecule has 1 saturated heterocycles. The third-order valence-corrected chi connectivity index (χ3v) is 7.19. The maximum Gasteiger partial charge on any atom is 0.356 e. The average Bonchev–Trinajstić information content (AvgIpc) is 3.32. The Labute approximate surface area is 212 Å². The number of amides is 1. The molecule has 5 rings (SSSR count). The van der Waals surface area contributed by atoms with Crippen LogP contribution in [0.25, 0.3) is 5.57 Å². The van der Waals surface area contributed by atoms with Gasteiger partial charge in [0.2, 0.25) is 5.91 Å². The fourth-order valence-electron chi connectivity index (χ4n) is 4.10. The van der Waals surface area contributed by atoms with Crippen LogP contribution in [0.4, 0.5) is 0 Å². The minimum atomic E-state index is -0.668. The van der Waals surface area contributed by atoms with E-state index in [2.05, 4.69) is 22.1 Å². The Hall–Kier alpha value is -3.47. The molecule has 2 aliphatic rings. The Morgan fingerprint density at radius 3 is 2.29 bits per heavy atom. The first-order chi connectivity index (χ1) is 16.5. The second kappa shape index (κ2) is 10.0. The molecule has 2 aromatic carbocycles. The number of aryl methyl sites for hydroxylation is 1. The van der Waals surface area contributed by atoms with E-state index in [1.807, 2.05) is 60.7 Å². The molecule has 3 heterocycles. The van der Waals surface area contributed by atoms with Crippen molar-refractivity contribution in [3.8, 4) is 0 Å². The number of thioether (sulfide) groups is 1. The largest absolute Gasteiger partial charge is 0.448 e. The number of esters is 1. The highest BCUT2D eigenvalue weighted by atomic mass is 35.5. The molecule has 3 aromatic rings. The van der Waals surface area contributed by atoms with E-state index in [1.165, 1.54) is 21.3 Å². The van der Waals surface area contributed by atoms with Gasteiger partial charge in [0.05, 0.1) is 0 Å². The molecule has 180 valence electrons. The van der Waals surface area contributed by atoms with E-state index in [-0.39, 0.29) is 29.4 Å². The molecule has 11 heteroatoms. The van der Waals surface area contributed by atoms with E-state index in [0.717, 1.165) is 11.1 Å². The molecule has 2 atom stereocenters. The molecule has 0 aliphatic carbocycles. The van der Waals surface area contributed by atoms with Gasteiger partial charge in [-0.3, -0.25) is 9.69 Å². The van der Waals surface area contributed by atoms with Gasteiger partial charge in [-0.1, -0.05) is 67.2 Å². The lowest BCUT2D eigenvalue weighted by Crippen LogP contribution is -2.68. The summed E-state index contributed by atoms with van der Waals surface area (Å²) in [6.45, 7) is 4.13. The van der Waals surface area contributed by atoms with Gasteiger partial charge < -0.3 is 10.5 Å². The number of nitrogens with two attached hydrogens (primary N) is 1. The Morgan fingerprint density at radius 1 is 1.14 bits per heavy atom. The lowest BCUT2D eigenvalue weighted by Gasteiger charge is -2.48. The summed E-state index contributed by atoms with van der Waals surface area (Å²) in [4.78, 5) is 27.9. The van der Waals surface area contributed by atoms with Crippen molar-refractivity contribution in [2.75, 3.05) is 5.75 Å². The van der Waals surface area contributed by atoms with E-state index >= 15 is 0 Å². The monoisotopic (exact) mass is 510 g/mol. The van der Waals surface area contributed by atoms with Crippen LogP contribution in [-0.2, 0) is 21.4 Å². The number of β-lactam (4-membered cyclic amide) rings is 1. The van der Waals surface area contributed by atoms with E-state index in [4.69, 9.17) is 10.5 Å². The minimum Gasteiger partial charge on any atom is -0.448 e. The second-order valence-electron chi connectivity index (χ2n) is 7.97. The van der Waals surface area contributed by atoms with Gasteiger partial charge >= 0.3 is 5.97 Å². The topological polar surface area (TPSA) is 116 Å². The fourth-order valence-corrected chi connectivity index (χ4v) is 5.43. The molecule has 0 radical (unpaired) electrons. The van der Waals surface area contributed by atoms with Crippen molar-refractivity contribution in [3.63, 3.8) is 0 Å². The van der Waals surface area contributed by atoms with Crippen LogP contribution in [0.3, 0.4) is 0 Å². The number of halogens is 1. The number of fused-ring (bicyclic) bond motifs is 1. The number of nitrogens with zero attached hydrogens (tertiary/aromatic N) is 5. The van der Waals surface area contributed by atoms with E-state index in [9.17, 15) is 9.59 Å². The zero-order valence-corrected chi connectivity index (χ0v) is 20.4. The van der Waals surface area contributed by atoms with Gasteiger partial charge in [-0.25, -0.2) is 9.48 Å². The quantitative estimate of drug-likeness (QED) is 0.397. The molecule has 35 heavy (non-hydrogen) atoms. The summed E-state index contributed by atoms with van der Waals surface area (Å²) in [5.74, 6) is -0.144. The summed E-state index contributed by atoms with van der Waals surface area (Å²) in [6.07, 6.45) is -0.661. The maximum atomic E-state index is 13.7. The Morgan fingerprint density at radius 2 is 1.74 bits per heavy atom. The Bertz CT molecular complexity index is 1260. The van der Waals surface area contributed by atoms with Crippen LogP contribution in [0.1, 0.15) is 23.1 Å². The summed E-state index contributed by atoms with van der Waals surface area (Å²) in [6, 6.07) is 18.3. The predicted octanol–water partition coefficient (Wildman–Crippen LogP) is 2.47. The Kier molecular flexibility index (Phi) is 7.06. The molecule has 1 fully saturated rings. The third-order valence-electron chi connectivity index (χ3n) is 5.89. The first-order valence-electron chi connectivity index (χ1n) is 10.6. The van der Waals surface area contributed by atoms with Gasteiger partial charge in [0, 0.05) is 23.9 Å². The third kappa shape index (κ3) is 4.36. The summed E-state index contributed by atoms with van der Waals surface area (Å²) in [5.41, 5.74) is 8.78. The SMILES string of the molecule is C=C(C1=C(C(=O)OC(c2ccccc2)c2ccccc2)N2C(=O)C(N)[C@H]2SC1)c1nnnn1C.Cl. The van der Waals surface area contributed by atoms with Gasteiger partial charge in [-0.15, -0.1) is 29.3 Å². The molecule has 9 nitrogen and oxygen atoms in total. The van der Waals surface area contributed by atoms with Crippen molar-refractivity contribution in [2.45, 2.75) is 17.5 Å². The number of aromatic nitrogens is 4. The standard InChI is InChI=1S/C24H22N6O3S.ClH/c1-14(21-26-27-28-29(21)2)17-13-34-23-18(25)22(31)30(23)19(17)24(32)33-20(15-9-5-3-6-10-15)16-11-7-4-8-12-16;/h3-12,18,20,23H,1,13,25H2,2H3;1H/t18?,23-;/m1./s1. The first kappa shape index (κ1) is 24.6. The van der Waals surface area contributed by atoms with Gasteiger partial charge in [0.1, 0.15) is 17.1 Å². The number of rotatable bonds is 6. The highest BCUT2D eigenvalue weighted by molar-refractivity contribution is 8.00. The summed E-state index contributed by atoms with van der Waals surface area (Å²) < 4.78 is 7.55. The smallest absolute Gasteiger partial charge is 0.356 e. The molecule has 2 aliphatic heterocycles. The molecule has 1 aromatic heterocycles. The van der Waals surface area contributed by atoms with Crippen molar-refractivity contribution >= 4 is 41.6 Å². The number of carbonyl (C=O) groups excluding carboxylic acids is 2. The molecule has 1 unspecified atom stereocenters. The zero-order valence-electron chi connectivity index (χ0n) is 18.8. The highest BCUT2D eigenvalue weighted by Crippen LogP contribution is 2.43. The highest BCUT2D eigenvalue weighted by Gasteiger charge is 2.52. The predicted molar refractivity (Wildman–Crippen MR) is 134 cm³/mol. The lowest BCUT2D eigenvalue weighted by molar-refractivity contribution is -0.153. The zero-order chi connectivity index (χ0) is 23.8. The number of tetrazole rings is 1. The normalized spacial score (nSPS) is 19.1. The van der Waals surface area contributed by atoms with Crippen LogP contribution in [0.15, 0.2) is 78.5 Å². The molecular formula is C24H23ClN6O3S. The van der Waals surface area contributed by atoms with Crippen LogP contribution in [0, 0.1) is 0 Å². The van der Waals surface area contributed by atoms with Crippen LogP contribution >= 0.6 is 24.2 Å². The van der Waals surface area contributed by atoms with Gasteiger partial charge in [-0.2, -0.15) is 0 Å². The van der Waals surface area contributed by atoms with Crippen molar-refractivity contribution < 1.29 is 14.3 Å². The van der Waals surface area contributed by atoms with Gasteiger partial charge in [-0.05, 0) is 21.6 Å². The number of allylic oxidation sites excluding steroid dienone is 1. The van der Waals surface area contributed by atoms with Crippen LogP contribution in [0.5, 0.6) is 0 Å². The molecule has 0 spiro atoms. The van der Waals surface area contributed by atoms with Crippen molar-refractivity contribution in [2.24, 2.45) is 12.8 Å². The number of ether oxygens (including phenoxy) is 1. The Balaban J connectivity index is 0.00000289. The van der Waals surface area contributed by atoms with Crippen LogP contribution in [-0.4, -0.2) is 54.2 Å². The van der Waals surface area contributed by atoms with Crippen molar-refractivity contribution in [3.05, 3.63) is 95.5 Å². The van der Waals surface area contributed by atoms with Gasteiger partial charge in [0.25, 0.3) is 0 Å². The number of carbonyl (C=O) groups is 2. The minimum absolute atomic E-state index is 0. The van der Waals surface area contributed by atoms with E-state index in [1.54, 1.807) is 7.05 Å². The summed E-state index contributed by atoms with van der Waals surface area (Å²) in [7, 11) is 1.68. The van der Waals surface area contributed by atoms with Gasteiger partial charge in [0.15, 0.2) is 11.9 Å². The number of hydrogen-bond acceptors (Lipinski definition) is 8. The second-order valence-corrected chi connectivity index (χ2v) is 9.08. The van der Waals surface area contributed by atoms with Crippen molar-refractivity contribution in [1.82, 2.24) is 25.1 Å². The number of benzene rings is 2. The maximum absolute atomic E-state index is 13.7. The van der Waals surface area contributed by atoms with Crippen LogP contribution < -0.4 is 5.73 Å². The molecular weight excluding hydrogens is 488 g/mol. The molecule has 2 N–H and O–H groups in total. The van der Waals surface area contributed by atoms with E-state index < -0.39 is 18.1 Å². The summed E-state index contributed by atoms with van der Waals surface area (Å²) >= 11 is 1.47. The molecule has 0 bridgehead atoms. The van der Waals surface area contributed by atoms with E-state index in [0.29, 0.717) is 22.7 Å². The van der Waals surface area contributed by atoms with Crippen molar-refractivity contribution in [1.29, 1.82) is 0 Å². The number of hydrogen-bond donors (Lipinski definition) is 1. The lowest BCUT2D eigenvalue weighted by atomic mass is 9.99. The summed E-state index contributed by atoms with van der Waals surface area (Å²) in [5, 5.41) is 11.2. The molecule has 1 amide bonds. The average molecular weight is 511 g/mol. The fraction of sp³-hybridized carbons (Fsp3) is 0.208. The first-order valence-corrected chi connectivity index (χ1v) is 11.7.